The molecule has 0 unspecified atom stereocenters. The molecule has 1 aromatic rings. The summed E-state index contributed by atoms with van der Waals surface area (Å²) in [6.07, 6.45) is 1.82. The van der Waals surface area contributed by atoms with E-state index in [1.54, 1.807) is 4.68 Å². The molecule has 0 saturated heterocycles. The topological polar surface area (TPSA) is 61.5 Å². The molecule has 0 amide bonds. The first kappa shape index (κ1) is 9.64. The van der Waals surface area contributed by atoms with Gasteiger partial charge in [-0.2, -0.15) is 5.10 Å². The standard InChI is InChI=1S/C9H15N3O2/c1-11-3-7-2-10-12(9(7)4-11)8(5-13)6-14/h2,8,13-14H,3-6H2,1H3. The van der Waals surface area contributed by atoms with E-state index in [4.69, 9.17) is 10.2 Å². The molecular weight excluding hydrogens is 182 g/mol. The minimum atomic E-state index is -0.301. The molecule has 0 spiro atoms. The summed E-state index contributed by atoms with van der Waals surface area (Å²) in [6, 6.07) is -0.301. The summed E-state index contributed by atoms with van der Waals surface area (Å²) in [7, 11) is 2.04. The van der Waals surface area contributed by atoms with Crippen molar-refractivity contribution in [2.24, 2.45) is 0 Å². The molecule has 5 nitrogen and oxygen atoms in total. The van der Waals surface area contributed by atoms with Crippen LogP contribution in [-0.4, -0.2) is 45.2 Å². The van der Waals surface area contributed by atoms with E-state index >= 15 is 0 Å². The fourth-order valence-electron chi connectivity index (χ4n) is 1.86. The van der Waals surface area contributed by atoms with E-state index in [9.17, 15) is 0 Å². The highest BCUT2D eigenvalue weighted by Crippen LogP contribution is 2.23. The molecule has 0 bridgehead atoms. The van der Waals surface area contributed by atoms with Crippen molar-refractivity contribution in [1.29, 1.82) is 0 Å². The first-order valence-corrected chi connectivity index (χ1v) is 4.71. The van der Waals surface area contributed by atoms with Crippen LogP contribution in [0.3, 0.4) is 0 Å². The van der Waals surface area contributed by atoms with E-state index < -0.39 is 0 Å². The highest BCUT2D eigenvalue weighted by atomic mass is 16.3. The highest BCUT2D eigenvalue weighted by Gasteiger charge is 2.23. The molecule has 1 aromatic heterocycles. The van der Waals surface area contributed by atoms with Gasteiger partial charge < -0.3 is 10.2 Å². The fourth-order valence-corrected chi connectivity index (χ4v) is 1.86. The van der Waals surface area contributed by atoms with Gasteiger partial charge in [-0.05, 0) is 7.05 Å². The Morgan fingerprint density at radius 3 is 2.79 bits per heavy atom. The number of fused-ring (bicyclic) bond motifs is 1. The van der Waals surface area contributed by atoms with Crippen LogP contribution in [0.1, 0.15) is 17.3 Å². The van der Waals surface area contributed by atoms with E-state index in [1.807, 2.05) is 13.2 Å². The molecule has 0 radical (unpaired) electrons. The number of hydrogen-bond donors (Lipinski definition) is 2. The van der Waals surface area contributed by atoms with Gasteiger partial charge in [0.2, 0.25) is 0 Å². The normalized spacial score (nSPS) is 16.6. The smallest absolute Gasteiger partial charge is 0.0983 e. The zero-order valence-electron chi connectivity index (χ0n) is 8.22. The van der Waals surface area contributed by atoms with Crippen LogP contribution in [0.4, 0.5) is 0 Å². The summed E-state index contributed by atoms with van der Waals surface area (Å²) in [5.74, 6) is 0. The Hall–Kier alpha value is -0.910. The van der Waals surface area contributed by atoms with Gasteiger partial charge in [0.25, 0.3) is 0 Å². The van der Waals surface area contributed by atoms with Gasteiger partial charge in [-0.25, -0.2) is 0 Å². The third-order valence-electron chi connectivity index (χ3n) is 2.61. The first-order chi connectivity index (χ1) is 6.76. The lowest BCUT2D eigenvalue weighted by atomic mass is 10.3. The Morgan fingerprint density at radius 1 is 1.43 bits per heavy atom. The van der Waals surface area contributed by atoms with E-state index in [-0.39, 0.29) is 19.3 Å². The van der Waals surface area contributed by atoms with Gasteiger partial charge in [-0.1, -0.05) is 0 Å². The Labute approximate surface area is 82.6 Å². The van der Waals surface area contributed by atoms with Gasteiger partial charge in [0.1, 0.15) is 0 Å². The Balaban J connectivity index is 2.28. The summed E-state index contributed by atoms with van der Waals surface area (Å²) in [6.45, 7) is 1.59. The van der Waals surface area contributed by atoms with Crippen molar-refractivity contribution in [3.8, 4) is 0 Å². The molecule has 1 aliphatic heterocycles. The minimum Gasteiger partial charge on any atom is -0.394 e. The van der Waals surface area contributed by atoms with Gasteiger partial charge in [-0.3, -0.25) is 9.58 Å². The van der Waals surface area contributed by atoms with Crippen molar-refractivity contribution in [3.05, 3.63) is 17.5 Å². The van der Waals surface area contributed by atoms with Crippen LogP contribution >= 0.6 is 0 Å². The molecule has 2 N–H and O–H groups in total. The van der Waals surface area contributed by atoms with Gasteiger partial charge in [-0.15, -0.1) is 0 Å². The maximum atomic E-state index is 9.06. The Kier molecular flexibility index (Phi) is 2.54. The summed E-state index contributed by atoms with van der Waals surface area (Å²) in [5.41, 5.74) is 2.31. The molecule has 78 valence electrons. The van der Waals surface area contributed by atoms with Gasteiger partial charge in [0.05, 0.1) is 31.1 Å². The largest absolute Gasteiger partial charge is 0.394 e. The molecule has 0 aromatic carbocycles. The third kappa shape index (κ3) is 1.43. The van der Waals surface area contributed by atoms with E-state index in [0.29, 0.717) is 0 Å². The van der Waals surface area contributed by atoms with Crippen LogP contribution in [0.25, 0.3) is 0 Å². The van der Waals surface area contributed by atoms with Crippen molar-refractivity contribution in [2.45, 2.75) is 19.1 Å². The number of aliphatic hydroxyl groups is 2. The second-order valence-electron chi connectivity index (χ2n) is 3.75. The quantitative estimate of drug-likeness (QED) is 0.676. The third-order valence-corrected chi connectivity index (χ3v) is 2.61. The van der Waals surface area contributed by atoms with Crippen molar-refractivity contribution in [2.75, 3.05) is 20.3 Å². The minimum absolute atomic E-state index is 0.0751. The number of aromatic nitrogens is 2. The van der Waals surface area contributed by atoms with E-state index in [0.717, 1.165) is 18.8 Å². The highest BCUT2D eigenvalue weighted by molar-refractivity contribution is 5.22. The molecule has 14 heavy (non-hydrogen) atoms. The maximum absolute atomic E-state index is 9.06. The van der Waals surface area contributed by atoms with Crippen LogP contribution in [0.15, 0.2) is 6.20 Å². The molecule has 2 rings (SSSR count). The van der Waals surface area contributed by atoms with E-state index in [2.05, 4.69) is 10.00 Å². The molecule has 0 atom stereocenters. The fraction of sp³-hybridized carbons (Fsp3) is 0.667. The Bertz CT molecular complexity index is 320. The zero-order chi connectivity index (χ0) is 10.1. The predicted octanol–water partition coefficient (Wildman–Crippen LogP) is -0.646. The van der Waals surface area contributed by atoms with Crippen LogP contribution < -0.4 is 0 Å². The van der Waals surface area contributed by atoms with Crippen LogP contribution in [0, 0.1) is 0 Å². The molecule has 0 fully saturated rings. The van der Waals surface area contributed by atoms with Crippen molar-refractivity contribution < 1.29 is 10.2 Å². The molecule has 0 aliphatic carbocycles. The second kappa shape index (κ2) is 3.68. The lowest BCUT2D eigenvalue weighted by Gasteiger charge is -2.15. The summed E-state index contributed by atoms with van der Waals surface area (Å²) < 4.78 is 1.73. The molecule has 0 saturated carbocycles. The van der Waals surface area contributed by atoms with E-state index in [1.165, 1.54) is 5.56 Å². The van der Waals surface area contributed by atoms with Gasteiger partial charge in [0.15, 0.2) is 0 Å². The summed E-state index contributed by atoms with van der Waals surface area (Å²) in [5, 5.41) is 22.3. The lowest BCUT2D eigenvalue weighted by molar-refractivity contribution is 0.142. The van der Waals surface area contributed by atoms with Crippen molar-refractivity contribution in [1.82, 2.24) is 14.7 Å². The van der Waals surface area contributed by atoms with Crippen molar-refractivity contribution in [3.63, 3.8) is 0 Å². The van der Waals surface area contributed by atoms with Crippen LogP contribution in [0.5, 0.6) is 0 Å². The average Bonchev–Trinajstić information content (AvgIpc) is 2.68. The molecule has 1 aliphatic rings. The van der Waals surface area contributed by atoms with Crippen molar-refractivity contribution >= 4 is 0 Å². The predicted molar refractivity (Wildman–Crippen MR) is 50.6 cm³/mol. The molecule has 2 heterocycles. The van der Waals surface area contributed by atoms with Gasteiger partial charge >= 0.3 is 0 Å². The number of nitrogens with zero attached hydrogens (tertiary/aromatic N) is 3. The SMILES string of the molecule is CN1Cc2cnn(C(CO)CO)c2C1. The van der Waals surface area contributed by atoms with Crippen LogP contribution in [-0.2, 0) is 13.1 Å². The summed E-state index contributed by atoms with van der Waals surface area (Å²) in [4.78, 5) is 2.18. The lowest BCUT2D eigenvalue weighted by Crippen LogP contribution is -2.21. The molecular formula is C9H15N3O2. The maximum Gasteiger partial charge on any atom is 0.0983 e. The monoisotopic (exact) mass is 197 g/mol. The number of aliphatic hydroxyl groups excluding tert-OH is 2. The first-order valence-electron chi connectivity index (χ1n) is 4.71. The van der Waals surface area contributed by atoms with Gasteiger partial charge in [0, 0.05) is 18.7 Å². The Morgan fingerprint density at radius 2 is 2.14 bits per heavy atom. The second-order valence-corrected chi connectivity index (χ2v) is 3.75. The molecule has 5 heteroatoms. The zero-order valence-corrected chi connectivity index (χ0v) is 8.22. The summed E-state index contributed by atoms with van der Waals surface area (Å²) >= 11 is 0. The van der Waals surface area contributed by atoms with Crippen LogP contribution in [0.2, 0.25) is 0 Å². The number of hydrogen-bond acceptors (Lipinski definition) is 4. The number of rotatable bonds is 3. The average molecular weight is 197 g/mol.